The maximum Gasteiger partial charge on any atom is 0.433 e. The van der Waals surface area contributed by atoms with Crippen LogP contribution < -0.4 is 10.6 Å². The summed E-state index contributed by atoms with van der Waals surface area (Å²) >= 11 is 6.07. The molecule has 1 saturated carbocycles. The smallest absolute Gasteiger partial charge is 0.382 e. The summed E-state index contributed by atoms with van der Waals surface area (Å²) in [6.45, 7) is 0. The van der Waals surface area contributed by atoms with E-state index in [1.54, 1.807) is 24.0 Å². The van der Waals surface area contributed by atoms with Crippen LogP contribution in [-0.2, 0) is 13.2 Å². The van der Waals surface area contributed by atoms with Crippen LogP contribution in [0.2, 0.25) is 5.02 Å². The number of nitrogens with one attached hydrogen (secondary N) is 2. The monoisotopic (exact) mass is 451 g/mol. The van der Waals surface area contributed by atoms with E-state index in [2.05, 4.69) is 20.7 Å². The summed E-state index contributed by atoms with van der Waals surface area (Å²) in [6.07, 6.45) is 1.60. The number of nitrogens with zero attached hydrogens (tertiary/aromatic N) is 3. The maximum atomic E-state index is 13.4. The van der Waals surface area contributed by atoms with Gasteiger partial charge in [0.15, 0.2) is 0 Å². The Labute approximate surface area is 181 Å². The third kappa shape index (κ3) is 4.92. The molecule has 0 saturated heterocycles. The predicted octanol–water partition coefficient (Wildman–Crippen LogP) is 4.79. The molecule has 0 bridgehead atoms. The van der Waals surface area contributed by atoms with E-state index in [1.165, 1.54) is 18.3 Å². The molecule has 1 aromatic carbocycles. The molecule has 31 heavy (non-hydrogen) atoms. The average molecular weight is 452 g/mol. The van der Waals surface area contributed by atoms with Crippen molar-refractivity contribution >= 4 is 34.1 Å². The SMILES string of the molecule is Cn1cc(C(=O)N[C@@H]2CCC[C@H](Nc3cc(C(F)(F)F)nc4ccc(Cl)cc34)C2)cn1. The van der Waals surface area contributed by atoms with Crippen LogP contribution in [0.1, 0.15) is 41.7 Å². The van der Waals surface area contributed by atoms with Crippen LogP contribution in [0.4, 0.5) is 18.9 Å². The minimum atomic E-state index is -4.56. The van der Waals surface area contributed by atoms with Gasteiger partial charge < -0.3 is 10.6 Å². The highest BCUT2D eigenvalue weighted by atomic mass is 35.5. The number of benzene rings is 1. The zero-order chi connectivity index (χ0) is 22.2. The molecule has 4 rings (SSSR count). The molecular formula is C21H21ClF3N5O. The van der Waals surface area contributed by atoms with Gasteiger partial charge in [-0.2, -0.15) is 18.3 Å². The first-order valence-corrected chi connectivity index (χ1v) is 10.3. The fraction of sp³-hybridized carbons (Fsp3) is 0.381. The average Bonchev–Trinajstić information content (AvgIpc) is 3.14. The largest absolute Gasteiger partial charge is 0.433 e. The fourth-order valence-electron chi connectivity index (χ4n) is 3.94. The number of carbonyl (C=O) groups is 1. The molecule has 3 aromatic rings. The number of halogens is 4. The van der Waals surface area contributed by atoms with Crippen molar-refractivity contribution in [2.75, 3.05) is 5.32 Å². The number of hydrogen-bond donors (Lipinski definition) is 2. The molecule has 164 valence electrons. The summed E-state index contributed by atoms with van der Waals surface area (Å²) in [7, 11) is 1.73. The molecule has 2 atom stereocenters. The number of fused-ring (bicyclic) bond motifs is 1. The molecule has 0 unspecified atom stereocenters. The number of pyridine rings is 1. The number of amides is 1. The van der Waals surface area contributed by atoms with Gasteiger partial charge in [0.2, 0.25) is 0 Å². The molecule has 2 N–H and O–H groups in total. The minimum Gasteiger partial charge on any atom is -0.382 e. The highest BCUT2D eigenvalue weighted by Crippen LogP contribution is 2.35. The van der Waals surface area contributed by atoms with E-state index in [0.717, 1.165) is 25.3 Å². The van der Waals surface area contributed by atoms with Gasteiger partial charge in [0, 0.05) is 41.4 Å². The summed E-state index contributed by atoms with van der Waals surface area (Å²) in [5, 5.41) is 11.2. The second-order valence-electron chi connectivity index (χ2n) is 7.80. The van der Waals surface area contributed by atoms with Gasteiger partial charge in [-0.05, 0) is 49.9 Å². The molecule has 0 spiro atoms. The molecule has 1 fully saturated rings. The van der Waals surface area contributed by atoms with Gasteiger partial charge in [0.05, 0.1) is 17.3 Å². The molecule has 1 aliphatic rings. The molecular weight excluding hydrogens is 431 g/mol. The van der Waals surface area contributed by atoms with Crippen molar-refractivity contribution in [2.45, 2.75) is 43.9 Å². The van der Waals surface area contributed by atoms with Crippen molar-refractivity contribution in [2.24, 2.45) is 7.05 Å². The van der Waals surface area contributed by atoms with E-state index in [-0.39, 0.29) is 23.5 Å². The number of anilines is 1. The second-order valence-corrected chi connectivity index (χ2v) is 8.23. The van der Waals surface area contributed by atoms with Crippen molar-refractivity contribution in [3.8, 4) is 0 Å². The van der Waals surface area contributed by atoms with E-state index >= 15 is 0 Å². The topological polar surface area (TPSA) is 71.8 Å². The van der Waals surface area contributed by atoms with Crippen LogP contribution in [0.15, 0.2) is 36.7 Å². The summed E-state index contributed by atoms with van der Waals surface area (Å²) < 4.78 is 41.6. The third-order valence-corrected chi connectivity index (χ3v) is 5.63. The number of aryl methyl sites for hydroxylation is 1. The van der Waals surface area contributed by atoms with Crippen LogP contribution in [0.3, 0.4) is 0 Å². The first-order chi connectivity index (χ1) is 14.7. The molecule has 6 nitrogen and oxygen atoms in total. The lowest BCUT2D eigenvalue weighted by molar-refractivity contribution is -0.140. The molecule has 2 heterocycles. The minimum absolute atomic E-state index is 0.0854. The second kappa shape index (κ2) is 8.37. The molecule has 1 aliphatic carbocycles. The van der Waals surface area contributed by atoms with Crippen molar-refractivity contribution in [3.63, 3.8) is 0 Å². The lowest BCUT2D eigenvalue weighted by Crippen LogP contribution is -2.41. The van der Waals surface area contributed by atoms with Crippen LogP contribution in [0.5, 0.6) is 0 Å². The highest BCUT2D eigenvalue weighted by molar-refractivity contribution is 6.31. The lowest BCUT2D eigenvalue weighted by Gasteiger charge is -2.31. The van der Waals surface area contributed by atoms with Crippen molar-refractivity contribution in [1.29, 1.82) is 0 Å². The summed E-state index contributed by atoms with van der Waals surface area (Å²) in [4.78, 5) is 16.2. The Morgan fingerprint density at radius 3 is 2.71 bits per heavy atom. The Morgan fingerprint density at radius 2 is 2.00 bits per heavy atom. The van der Waals surface area contributed by atoms with E-state index in [0.29, 0.717) is 28.1 Å². The molecule has 0 aliphatic heterocycles. The molecule has 1 amide bonds. The third-order valence-electron chi connectivity index (χ3n) is 5.40. The normalized spacial score (nSPS) is 19.4. The van der Waals surface area contributed by atoms with Gasteiger partial charge in [-0.15, -0.1) is 0 Å². The standard InChI is InChI=1S/C21H21ClF3N5O/c1-30-11-12(10-26-30)20(31)28-15-4-2-3-14(8-15)27-18-9-19(21(23,24)25)29-17-6-5-13(22)7-16(17)18/h5-7,9-11,14-15H,2-4,8H2,1H3,(H,27,29)(H,28,31)/t14-,15+/m0/s1. The first-order valence-electron chi connectivity index (χ1n) is 9.92. The van der Waals surface area contributed by atoms with Gasteiger partial charge in [-0.1, -0.05) is 11.6 Å². The fourth-order valence-corrected chi connectivity index (χ4v) is 4.11. The molecule has 2 aromatic heterocycles. The number of rotatable bonds is 4. The Kier molecular flexibility index (Phi) is 5.79. The van der Waals surface area contributed by atoms with Crippen LogP contribution in [0, 0.1) is 0 Å². The van der Waals surface area contributed by atoms with E-state index < -0.39 is 11.9 Å². The maximum absolute atomic E-state index is 13.4. The van der Waals surface area contributed by atoms with Crippen molar-refractivity contribution in [1.82, 2.24) is 20.1 Å². The number of alkyl halides is 3. The summed E-state index contributed by atoms with van der Waals surface area (Å²) in [6, 6.07) is 5.45. The zero-order valence-electron chi connectivity index (χ0n) is 16.7. The molecule has 0 radical (unpaired) electrons. The van der Waals surface area contributed by atoms with Gasteiger partial charge in [0.1, 0.15) is 5.69 Å². The van der Waals surface area contributed by atoms with Crippen molar-refractivity contribution in [3.05, 3.63) is 52.9 Å². The van der Waals surface area contributed by atoms with E-state index in [9.17, 15) is 18.0 Å². The van der Waals surface area contributed by atoms with Gasteiger partial charge in [-0.3, -0.25) is 9.48 Å². The number of carbonyl (C=O) groups excluding carboxylic acids is 1. The summed E-state index contributed by atoms with van der Waals surface area (Å²) in [5.41, 5.74) is 0.0762. The van der Waals surface area contributed by atoms with Gasteiger partial charge >= 0.3 is 6.18 Å². The van der Waals surface area contributed by atoms with Crippen LogP contribution in [0.25, 0.3) is 10.9 Å². The zero-order valence-corrected chi connectivity index (χ0v) is 17.5. The Bertz CT molecular complexity index is 1110. The van der Waals surface area contributed by atoms with Crippen LogP contribution in [-0.4, -0.2) is 32.8 Å². The summed E-state index contributed by atoms with van der Waals surface area (Å²) in [5.74, 6) is -0.209. The van der Waals surface area contributed by atoms with E-state index in [1.807, 2.05) is 0 Å². The molecule has 10 heteroatoms. The number of aromatic nitrogens is 3. The Balaban J connectivity index is 1.54. The van der Waals surface area contributed by atoms with E-state index in [4.69, 9.17) is 11.6 Å². The van der Waals surface area contributed by atoms with Crippen LogP contribution >= 0.6 is 11.6 Å². The lowest BCUT2D eigenvalue weighted by atomic mass is 9.90. The first kappa shape index (κ1) is 21.4. The van der Waals surface area contributed by atoms with Crippen molar-refractivity contribution < 1.29 is 18.0 Å². The highest BCUT2D eigenvalue weighted by Gasteiger charge is 2.34. The Morgan fingerprint density at radius 1 is 1.23 bits per heavy atom. The quantitative estimate of drug-likeness (QED) is 0.598. The predicted molar refractivity (Wildman–Crippen MR) is 112 cm³/mol. The number of hydrogen-bond acceptors (Lipinski definition) is 4. The Hall–Kier alpha value is -2.81. The van der Waals surface area contributed by atoms with Gasteiger partial charge in [0.25, 0.3) is 5.91 Å². The van der Waals surface area contributed by atoms with Gasteiger partial charge in [-0.25, -0.2) is 4.98 Å².